The number of rotatable bonds is 2. The van der Waals surface area contributed by atoms with Crippen molar-refractivity contribution in [2.45, 2.75) is 50.4 Å². The number of hydrogen-bond acceptors (Lipinski definition) is 3. The second-order valence-corrected chi connectivity index (χ2v) is 4.62. The maximum Gasteiger partial charge on any atom is 0.0698 e. The SMILES string of the molecule is COC1CCCN(C2CCC(O)C2)C1. The third-order valence-corrected chi connectivity index (χ3v) is 3.64. The molecule has 1 aliphatic carbocycles. The molecular formula is C11H21NO2. The molecule has 3 heteroatoms. The quantitative estimate of drug-likeness (QED) is 0.720. The minimum Gasteiger partial charge on any atom is -0.393 e. The number of ether oxygens (including phenoxy) is 1. The number of likely N-dealkylation sites (tertiary alicyclic amines) is 1. The van der Waals surface area contributed by atoms with Gasteiger partial charge in [-0.3, -0.25) is 4.90 Å². The van der Waals surface area contributed by atoms with Crippen molar-refractivity contribution in [1.82, 2.24) is 4.90 Å². The zero-order chi connectivity index (χ0) is 9.97. The first-order valence-corrected chi connectivity index (χ1v) is 5.74. The molecule has 0 bridgehead atoms. The van der Waals surface area contributed by atoms with Crippen LogP contribution in [-0.4, -0.2) is 48.5 Å². The van der Waals surface area contributed by atoms with Crippen molar-refractivity contribution in [2.75, 3.05) is 20.2 Å². The predicted molar refractivity (Wildman–Crippen MR) is 55.2 cm³/mol. The number of aliphatic hydroxyl groups excluding tert-OH is 1. The Morgan fingerprint density at radius 3 is 2.79 bits per heavy atom. The first-order valence-electron chi connectivity index (χ1n) is 5.74. The molecule has 1 saturated heterocycles. The first kappa shape index (κ1) is 10.4. The van der Waals surface area contributed by atoms with Crippen molar-refractivity contribution < 1.29 is 9.84 Å². The van der Waals surface area contributed by atoms with E-state index in [0.29, 0.717) is 12.1 Å². The van der Waals surface area contributed by atoms with Gasteiger partial charge >= 0.3 is 0 Å². The summed E-state index contributed by atoms with van der Waals surface area (Å²) in [4.78, 5) is 2.51. The van der Waals surface area contributed by atoms with E-state index < -0.39 is 0 Å². The molecule has 3 atom stereocenters. The molecule has 0 aromatic heterocycles. The van der Waals surface area contributed by atoms with Gasteiger partial charge in [0.25, 0.3) is 0 Å². The largest absolute Gasteiger partial charge is 0.393 e. The van der Waals surface area contributed by atoms with Gasteiger partial charge in [0.05, 0.1) is 12.2 Å². The van der Waals surface area contributed by atoms with Gasteiger partial charge in [0.15, 0.2) is 0 Å². The van der Waals surface area contributed by atoms with Crippen LogP contribution in [0.4, 0.5) is 0 Å². The fourth-order valence-corrected chi connectivity index (χ4v) is 2.76. The summed E-state index contributed by atoms with van der Waals surface area (Å²) in [5, 5.41) is 9.50. The Labute approximate surface area is 86.0 Å². The smallest absolute Gasteiger partial charge is 0.0698 e. The van der Waals surface area contributed by atoms with Gasteiger partial charge in [-0.15, -0.1) is 0 Å². The van der Waals surface area contributed by atoms with Crippen LogP contribution < -0.4 is 0 Å². The van der Waals surface area contributed by atoms with Crippen LogP contribution in [-0.2, 0) is 4.74 Å². The molecule has 0 aromatic carbocycles. The second kappa shape index (κ2) is 4.60. The molecule has 0 amide bonds. The molecule has 2 aliphatic rings. The maximum atomic E-state index is 9.50. The Bertz CT molecular complexity index is 186. The van der Waals surface area contributed by atoms with Crippen molar-refractivity contribution in [2.24, 2.45) is 0 Å². The second-order valence-electron chi connectivity index (χ2n) is 4.62. The molecule has 14 heavy (non-hydrogen) atoms. The van der Waals surface area contributed by atoms with E-state index in [9.17, 15) is 5.11 Å². The lowest BCUT2D eigenvalue weighted by Gasteiger charge is -2.36. The summed E-state index contributed by atoms with van der Waals surface area (Å²) in [5.41, 5.74) is 0. The highest BCUT2D eigenvalue weighted by molar-refractivity contribution is 4.86. The Kier molecular flexibility index (Phi) is 3.42. The molecule has 1 aliphatic heterocycles. The lowest BCUT2D eigenvalue weighted by Crippen LogP contribution is -2.44. The third kappa shape index (κ3) is 2.27. The lowest BCUT2D eigenvalue weighted by molar-refractivity contribution is 0.0133. The molecule has 2 rings (SSSR count). The van der Waals surface area contributed by atoms with E-state index in [1.54, 1.807) is 7.11 Å². The van der Waals surface area contributed by atoms with E-state index in [4.69, 9.17) is 4.74 Å². The van der Waals surface area contributed by atoms with Gasteiger partial charge < -0.3 is 9.84 Å². The highest BCUT2D eigenvalue weighted by Crippen LogP contribution is 2.27. The van der Waals surface area contributed by atoms with Gasteiger partial charge in [-0.25, -0.2) is 0 Å². The fourth-order valence-electron chi connectivity index (χ4n) is 2.76. The molecule has 3 nitrogen and oxygen atoms in total. The summed E-state index contributed by atoms with van der Waals surface area (Å²) in [5.74, 6) is 0. The van der Waals surface area contributed by atoms with Crippen molar-refractivity contribution in [3.05, 3.63) is 0 Å². The van der Waals surface area contributed by atoms with Crippen LogP contribution in [0.2, 0.25) is 0 Å². The zero-order valence-electron chi connectivity index (χ0n) is 8.98. The molecule has 0 spiro atoms. The highest BCUT2D eigenvalue weighted by atomic mass is 16.5. The van der Waals surface area contributed by atoms with Crippen molar-refractivity contribution in [1.29, 1.82) is 0 Å². The minimum absolute atomic E-state index is 0.0529. The summed E-state index contributed by atoms with van der Waals surface area (Å²) in [6.45, 7) is 2.26. The predicted octanol–water partition coefficient (Wildman–Crippen LogP) is 1.01. The van der Waals surface area contributed by atoms with Crippen LogP contribution in [0, 0.1) is 0 Å². The average molecular weight is 199 g/mol. The molecule has 3 unspecified atom stereocenters. The molecule has 1 N–H and O–H groups in total. The van der Waals surface area contributed by atoms with E-state index in [2.05, 4.69) is 4.90 Å². The normalized spacial score (nSPS) is 40.3. The lowest BCUT2D eigenvalue weighted by atomic mass is 10.1. The average Bonchev–Trinajstić information content (AvgIpc) is 2.65. The molecule has 2 fully saturated rings. The number of methoxy groups -OCH3 is 1. The van der Waals surface area contributed by atoms with Crippen molar-refractivity contribution in [3.63, 3.8) is 0 Å². The molecule has 1 heterocycles. The topological polar surface area (TPSA) is 32.7 Å². The standard InChI is InChI=1S/C11H21NO2/c1-14-11-3-2-6-12(8-11)9-4-5-10(13)7-9/h9-11,13H,2-8H2,1H3. The number of hydrogen-bond donors (Lipinski definition) is 1. The molecule has 1 saturated carbocycles. The Hall–Kier alpha value is -0.120. The van der Waals surface area contributed by atoms with E-state index in [-0.39, 0.29) is 6.10 Å². The van der Waals surface area contributed by atoms with Crippen molar-refractivity contribution in [3.8, 4) is 0 Å². The van der Waals surface area contributed by atoms with Crippen molar-refractivity contribution >= 4 is 0 Å². The molecule has 0 aromatic rings. The minimum atomic E-state index is -0.0529. The summed E-state index contributed by atoms with van der Waals surface area (Å²) in [6.07, 6.45) is 5.92. The van der Waals surface area contributed by atoms with E-state index in [0.717, 1.165) is 25.8 Å². The van der Waals surface area contributed by atoms with Gasteiger partial charge in [-0.1, -0.05) is 0 Å². The molecule has 82 valence electrons. The fraction of sp³-hybridized carbons (Fsp3) is 1.00. The summed E-state index contributed by atoms with van der Waals surface area (Å²) in [6, 6.07) is 0.614. The van der Waals surface area contributed by atoms with Gasteiger partial charge in [0.2, 0.25) is 0 Å². The van der Waals surface area contributed by atoms with Crippen LogP contribution in [0.3, 0.4) is 0 Å². The molecular weight excluding hydrogens is 178 g/mol. The van der Waals surface area contributed by atoms with Gasteiger partial charge in [-0.2, -0.15) is 0 Å². The van der Waals surface area contributed by atoms with Crippen LogP contribution in [0.5, 0.6) is 0 Å². The van der Waals surface area contributed by atoms with Gasteiger partial charge in [-0.05, 0) is 38.6 Å². The van der Waals surface area contributed by atoms with Gasteiger partial charge in [0.1, 0.15) is 0 Å². The zero-order valence-corrected chi connectivity index (χ0v) is 8.98. The summed E-state index contributed by atoms with van der Waals surface area (Å²) in [7, 11) is 1.80. The summed E-state index contributed by atoms with van der Waals surface area (Å²) >= 11 is 0. The highest BCUT2D eigenvalue weighted by Gasteiger charge is 2.31. The maximum absolute atomic E-state index is 9.50. The van der Waals surface area contributed by atoms with Crippen LogP contribution in [0.15, 0.2) is 0 Å². The third-order valence-electron chi connectivity index (χ3n) is 3.64. The molecule has 0 radical (unpaired) electrons. The van der Waals surface area contributed by atoms with E-state index in [1.165, 1.54) is 19.4 Å². The van der Waals surface area contributed by atoms with Crippen LogP contribution in [0.1, 0.15) is 32.1 Å². The van der Waals surface area contributed by atoms with E-state index >= 15 is 0 Å². The van der Waals surface area contributed by atoms with Gasteiger partial charge in [0, 0.05) is 19.7 Å². The number of nitrogens with zero attached hydrogens (tertiary/aromatic N) is 1. The summed E-state index contributed by atoms with van der Waals surface area (Å²) < 4.78 is 5.40. The Morgan fingerprint density at radius 1 is 1.29 bits per heavy atom. The van der Waals surface area contributed by atoms with Crippen LogP contribution >= 0.6 is 0 Å². The Morgan fingerprint density at radius 2 is 2.14 bits per heavy atom. The number of piperidine rings is 1. The first-order chi connectivity index (χ1) is 6.79. The monoisotopic (exact) mass is 199 g/mol. The Balaban J connectivity index is 1.84. The van der Waals surface area contributed by atoms with Crippen LogP contribution in [0.25, 0.3) is 0 Å². The number of aliphatic hydroxyl groups is 1. The van der Waals surface area contributed by atoms with E-state index in [1.807, 2.05) is 0 Å².